The van der Waals surface area contributed by atoms with Gasteiger partial charge in [-0.1, -0.05) is 0 Å². The molecule has 0 radical (unpaired) electrons. The highest BCUT2D eigenvalue weighted by molar-refractivity contribution is 5.90. The third kappa shape index (κ3) is 4.59. The maximum Gasteiger partial charge on any atom is 0.319 e. The van der Waals surface area contributed by atoms with Crippen molar-refractivity contribution in [2.24, 2.45) is 0 Å². The number of amides is 2. The smallest absolute Gasteiger partial charge is 0.319 e. The molecular formula is C22H26N6O2. The molecular weight excluding hydrogens is 380 g/mol. The van der Waals surface area contributed by atoms with Crippen LogP contribution in [0.3, 0.4) is 0 Å². The number of nitrogens with zero attached hydrogens (tertiary/aromatic N) is 4. The maximum atomic E-state index is 12.4. The van der Waals surface area contributed by atoms with E-state index in [1.165, 1.54) is 0 Å². The third-order valence-corrected chi connectivity index (χ3v) is 5.55. The van der Waals surface area contributed by atoms with Gasteiger partial charge in [-0.25, -0.2) is 4.79 Å². The number of nitrogens with one attached hydrogen (secondary N) is 2. The minimum atomic E-state index is -0.171. The van der Waals surface area contributed by atoms with Gasteiger partial charge in [0.15, 0.2) is 0 Å². The number of hydrogen-bond donors (Lipinski definition) is 2. The SMILES string of the molecule is COc1ccc(NC(=O)NC2CCC(n3cc(-c4cnccn4)cn3)CC2)c(C)c1. The van der Waals surface area contributed by atoms with Crippen molar-refractivity contribution in [1.29, 1.82) is 0 Å². The largest absolute Gasteiger partial charge is 0.497 e. The van der Waals surface area contributed by atoms with Crippen LogP contribution in [0.5, 0.6) is 5.75 Å². The Balaban J connectivity index is 1.29. The Kier molecular flexibility index (Phi) is 5.92. The number of carbonyl (C=O) groups excluding carboxylic acids is 1. The average molecular weight is 406 g/mol. The van der Waals surface area contributed by atoms with Crippen LogP contribution in [0.2, 0.25) is 0 Å². The number of urea groups is 1. The van der Waals surface area contributed by atoms with Crippen LogP contribution < -0.4 is 15.4 Å². The predicted molar refractivity (Wildman–Crippen MR) is 114 cm³/mol. The Bertz CT molecular complexity index is 996. The molecule has 8 heteroatoms. The Labute approximate surface area is 175 Å². The summed E-state index contributed by atoms with van der Waals surface area (Å²) in [5.74, 6) is 0.776. The van der Waals surface area contributed by atoms with Gasteiger partial charge in [-0.2, -0.15) is 5.10 Å². The van der Waals surface area contributed by atoms with Crippen molar-refractivity contribution in [3.63, 3.8) is 0 Å². The van der Waals surface area contributed by atoms with Crippen LogP contribution in [-0.2, 0) is 0 Å². The number of anilines is 1. The van der Waals surface area contributed by atoms with Crippen molar-refractivity contribution in [2.45, 2.75) is 44.7 Å². The van der Waals surface area contributed by atoms with Gasteiger partial charge in [-0.05, 0) is 56.4 Å². The van der Waals surface area contributed by atoms with Crippen molar-refractivity contribution < 1.29 is 9.53 Å². The highest BCUT2D eigenvalue weighted by Crippen LogP contribution is 2.29. The summed E-state index contributed by atoms with van der Waals surface area (Å²) in [6.07, 6.45) is 12.7. The molecule has 1 aliphatic rings. The van der Waals surface area contributed by atoms with Gasteiger partial charge in [0, 0.05) is 35.9 Å². The lowest BCUT2D eigenvalue weighted by molar-refractivity contribution is 0.236. The number of rotatable bonds is 5. The number of hydrogen-bond acceptors (Lipinski definition) is 5. The van der Waals surface area contributed by atoms with Crippen LogP contribution in [0.1, 0.15) is 37.3 Å². The zero-order chi connectivity index (χ0) is 20.9. The van der Waals surface area contributed by atoms with Gasteiger partial charge in [0.2, 0.25) is 0 Å². The second-order valence-electron chi connectivity index (χ2n) is 7.58. The van der Waals surface area contributed by atoms with Crippen LogP contribution in [0, 0.1) is 6.92 Å². The Morgan fingerprint density at radius 3 is 2.70 bits per heavy atom. The van der Waals surface area contributed by atoms with Crippen molar-refractivity contribution in [2.75, 3.05) is 12.4 Å². The quantitative estimate of drug-likeness (QED) is 0.669. The number of aromatic nitrogens is 4. The first-order valence-corrected chi connectivity index (χ1v) is 10.1. The summed E-state index contributed by atoms with van der Waals surface area (Å²) in [7, 11) is 1.63. The van der Waals surface area contributed by atoms with E-state index in [1.54, 1.807) is 25.7 Å². The standard InChI is InChI=1S/C22H26N6O2/c1-15-11-19(30-2)7-8-20(15)27-22(29)26-17-3-5-18(6-4-17)28-14-16(12-25-28)21-13-23-9-10-24-21/h7-14,17-18H,3-6H2,1-2H3,(H2,26,27,29). The molecule has 2 heterocycles. The fourth-order valence-electron chi connectivity index (χ4n) is 3.85. The lowest BCUT2D eigenvalue weighted by Crippen LogP contribution is -2.40. The van der Waals surface area contributed by atoms with E-state index in [9.17, 15) is 4.79 Å². The summed E-state index contributed by atoms with van der Waals surface area (Å²) in [5.41, 5.74) is 3.54. The molecule has 2 amide bonds. The minimum Gasteiger partial charge on any atom is -0.497 e. The summed E-state index contributed by atoms with van der Waals surface area (Å²) in [6, 6.07) is 5.93. The highest BCUT2D eigenvalue weighted by Gasteiger charge is 2.24. The highest BCUT2D eigenvalue weighted by atomic mass is 16.5. The topological polar surface area (TPSA) is 94.0 Å². The molecule has 8 nitrogen and oxygen atoms in total. The Morgan fingerprint density at radius 2 is 2.00 bits per heavy atom. The number of methoxy groups -OCH3 is 1. The van der Waals surface area contributed by atoms with Crippen molar-refractivity contribution >= 4 is 11.7 Å². The number of ether oxygens (including phenoxy) is 1. The molecule has 30 heavy (non-hydrogen) atoms. The minimum absolute atomic E-state index is 0.162. The summed E-state index contributed by atoms with van der Waals surface area (Å²) >= 11 is 0. The van der Waals surface area contributed by atoms with Crippen LogP contribution in [0.25, 0.3) is 11.3 Å². The van der Waals surface area contributed by atoms with Gasteiger partial charge in [-0.15, -0.1) is 0 Å². The summed E-state index contributed by atoms with van der Waals surface area (Å²) in [6.45, 7) is 1.95. The lowest BCUT2D eigenvalue weighted by Gasteiger charge is -2.29. The predicted octanol–water partition coefficient (Wildman–Crippen LogP) is 3.96. The second-order valence-corrected chi connectivity index (χ2v) is 7.58. The molecule has 0 atom stereocenters. The second kappa shape index (κ2) is 8.94. The van der Waals surface area contributed by atoms with Gasteiger partial charge in [0.1, 0.15) is 5.75 Å². The zero-order valence-electron chi connectivity index (χ0n) is 17.2. The molecule has 2 N–H and O–H groups in total. The fraction of sp³-hybridized carbons (Fsp3) is 0.364. The fourth-order valence-corrected chi connectivity index (χ4v) is 3.85. The van der Waals surface area contributed by atoms with Crippen LogP contribution in [0.15, 0.2) is 49.2 Å². The summed E-state index contributed by atoms with van der Waals surface area (Å²) in [5, 5.41) is 10.6. The summed E-state index contributed by atoms with van der Waals surface area (Å²) < 4.78 is 7.22. The average Bonchev–Trinajstić information content (AvgIpc) is 3.26. The van der Waals surface area contributed by atoms with E-state index in [2.05, 4.69) is 25.7 Å². The maximum absolute atomic E-state index is 12.4. The monoisotopic (exact) mass is 406 g/mol. The Hall–Kier alpha value is -3.42. The number of aryl methyl sites for hydroxylation is 1. The van der Waals surface area contributed by atoms with Gasteiger partial charge in [0.05, 0.1) is 31.2 Å². The normalized spacial score (nSPS) is 18.6. The molecule has 0 unspecified atom stereocenters. The van der Waals surface area contributed by atoms with E-state index in [0.29, 0.717) is 6.04 Å². The van der Waals surface area contributed by atoms with E-state index in [0.717, 1.165) is 53.9 Å². The van der Waals surface area contributed by atoms with Crippen molar-refractivity contribution in [1.82, 2.24) is 25.1 Å². The van der Waals surface area contributed by atoms with Gasteiger partial charge in [-0.3, -0.25) is 14.6 Å². The molecule has 0 bridgehead atoms. The molecule has 3 aromatic rings. The van der Waals surface area contributed by atoms with Crippen molar-refractivity contribution in [3.8, 4) is 17.0 Å². The van der Waals surface area contributed by atoms with Crippen LogP contribution in [-0.4, -0.2) is 38.9 Å². The molecule has 0 aliphatic heterocycles. The summed E-state index contributed by atoms with van der Waals surface area (Å²) in [4.78, 5) is 20.9. The number of carbonyl (C=O) groups is 1. The molecule has 156 valence electrons. The van der Waals surface area contributed by atoms with Gasteiger partial charge in [0.25, 0.3) is 0 Å². The molecule has 2 aromatic heterocycles. The van der Waals surface area contributed by atoms with Gasteiger partial charge >= 0.3 is 6.03 Å². The molecule has 1 saturated carbocycles. The van der Waals surface area contributed by atoms with Gasteiger partial charge < -0.3 is 15.4 Å². The van der Waals surface area contributed by atoms with E-state index >= 15 is 0 Å². The molecule has 0 spiro atoms. The Morgan fingerprint density at radius 1 is 1.17 bits per heavy atom. The van der Waals surface area contributed by atoms with E-state index in [4.69, 9.17) is 4.74 Å². The van der Waals surface area contributed by atoms with E-state index in [1.807, 2.05) is 42.2 Å². The zero-order valence-corrected chi connectivity index (χ0v) is 17.2. The van der Waals surface area contributed by atoms with Crippen molar-refractivity contribution in [3.05, 3.63) is 54.7 Å². The molecule has 0 saturated heterocycles. The third-order valence-electron chi connectivity index (χ3n) is 5.55. The molecule has 1 fully saturated rings. The van der Waals surface area contributed by atoms with E-state index in [-0.39, 0.29) is 12.1 Å². The first-order valence-electron chi connectivity index (χ1n) is 10.1. The van der Waals surface area contributed by atoms with Crippen LogP contribution in [0.4, 0.5) is 10.5 Å². The first-order chi connectivity index (χ1) is 14.6. The lowest BCUT2D eigenvalue weighted by atomic mass is 9.91. The molecule has 4 rings (SSSR count). The molecule has 1 aliphatic carbocycles. The number of benzene rings is 1. The van der Waals surface area contributed by atoms with Crippen LogP contribution >= 0.6 is 0 Å². The first kappa shape index (κ1) is 19.9. The molecule has 1 aromatic carbocycles. The van der Waals surface area contributed by atoms with E-state index < -0.39 is 0 Å².